The van der Waals surface area contributed by atoms with Crippen LogP contribution in [-0.2, 0) is 12.8 Å². The molecule has 1 aromatic heterocycles. The van der Waals surface area contributed by atoms with Crippen LogP contribution in [0.1, 0.15) is 25.2 Å². The van der Waals surface area contributed by atoms with E-state index in [1.54, 1.807) is 0 Å². The fourth-order valence-electron chi connectivity index (χ4n) is 1.48. The van der Waals surface area contributed by atoms with Crippen molar-refractivity contribution in [2.24, 2.45) is 5.73 Å². The normalized spacial score (nSPS) is 12.6. The van der Waals surface area contributed by atoms with Crippen molar-refractivity contribution in [1.29, 1.82) is 0 Å². The first-order valence-corrected chi connectivity index (χ1v) is 5.32. The van der Waals surface area contributed by atoms with Crippen LogP contribution in [0.25, 0.3) is 0 Å². The van der Waals surface area contributed by atoms with Gasteiger partial charge in [-0.1, -0.05) is 6.92 Å². The van der Waals surface area contributed by atoms with Gasteiger partial charge in [-0.2, -0.15) is 0 Å². The average molecular weight is 208 g/mol. The highest BCUT2D eigenvalue weighted by Gasteiger charge is 2.09. The van der Waals surface area contributed by atoms with Crippen LogP contribution in [0, 0.1) is 0 Å². The van der Waals surface area contributed by atoms with Crippen molar-refractivity contribution in [3.8, 4) is 0 Å². The molecule has 84 valence electrons. The Hall–Kier alpha value is -1.16. The first-order chi connectivity index (χ1) is 7.04. The molecule has 0 saturated heterocycles. The maximum absolute atomic E-state index is 5.79. The molecule has 0 aliphatic heterocycles. The minimum absolute atomic E-state index is 0.139. The van der Waals surface area contributed by atoms with Gasteiger partial charge in [-0.25, -0.2) is 9.97 Å². The van der Waals surface area contributed by atoms with Gasteiger partial charge in [0.15, 0.2) is 0 Å². The number of hydrogen-bond acceptors (Lipinski definition) is 4. The molecule has 4 nitrogen and oxygen atoms in total. The zero-order chi connectivity index (χ0) is 11.4. The third kappa shape index (κ3) is 3.16. The van der Waals surface area contributed by atoms with Crippen LogP contribution in [0.2, 0.25) is 0 Å². The maximum atomic E-state index is 5.79. The molecule has 4 heteroatoms. The summed E-state index contributed by atoms with van der Waals surface area (Å²) < 4.78 is 0. The maximum Gasteiger partial charge on any atom is 0.135 e. The molecular weight excluding hydrogens is 188 g/mol. The summed E-state index contributed by atoms with van der Waals surface area (Å²) in [4.78, 5) is 10.8. The van der Waals surface area contributed by atoms with E-state index in [0.29, 0.717) is 0 Å². The van der Waals surface area contributed by atoms with Gasteiger partial charge in [0.2, 0.25) is 0 Å². The molecule has 0 saturated carbocycles. The van der Waals surface area contributed by atoms with Crippen LogP contribution in [0.4, 0.5) is 5.82 Å². The summed E-state index contributed by atoms with van der Waals surface area (Å²) in [5.41, 5.74) is 6.91. The van der Waals surface area contributed by atoms with Gasteiger partial charge in [0, 0.05) is 38.3 Å². The first-order valence-electron chi connectivity index (χ1n) is 5.32. The number of anilines is 1. The summed E-state index contributed by atoms with van der Waals surface area (Å²) in [5, 5.41) is 0. The molecule has 0 aromatic carbocycles. The molecule has 0 radical (unpaired) electrons. The van der Waals surface area contributed by atoms with Crippen molar-refractivity contribution in [3.63, 3.8) is 0 Å². The third-order valence-corrected chi connectivity index (χ3v) is 2.17. The molecule has 1 unspecified atom stereocenters. The van der Waals surface area contributed by atoms with Gasteiger partial charge < -0.3 is 10.6 Å². The van der Waals surface area contributed by atoms with Crippen molar-refractivity contribution in [2.75, 3.05) is 19.0 Å². The molecule has 2 N–H and O–H groups in total. The second-order valence-corrected chi connectivity index (χ2v) is 4.06. The van der Waals surface area contributed by atoms with Crippen molar-refractivity contribution >= 4 is 5.82 Å². The first kappa shape index (κ1) is 11.9. The van der Waals surface area contributed by atoms with Crippen molar-refractivity contribution in [3.05, 3.63) is 17.6 Å². The second kappa shape index (κ2) is 5.07. The van der Waals surface area contributed by atoms with Gasteiger partial charge >= 0.3 is 0 Å². The number of hydrogen-bond donors (Lipinski definition) is 1. The second-order valence-electron chi connectivity index (χ2n) is 4.06. The van der Waals surface area contributed by atoms with E-state index in [9.17, 15) is 0 Å². The van der Waals surface area contributed by atoms with E-state index in [4.69, 9.17) is 5.73 Å². The zero-order valence-corrected chi connectivity index (χ0v) is 9.99. The monoisotopic (exact) mass is 208 g/mol. The summed E-state index contributed by atoms with van der Waals surface area (Å²) >= 11 is 0. The van der Waals surface area contributed by atoms with Crippen molar-refractivity contribution in [2.45, 2.75) is 32.7 Å². The summed E-state index contributed by atoms with van der Waals surface area (Å²) in [6, 6.07) is 0.139. The Labute approximate surface area is 91.5 Å². The molecule has 1 rings (SSSR count). The van der Waals surface area contributed by atoms with E-state index < -0.39 is 0 Å². The lowest BCUT2D eigenvalue weighted by Crippen LogP contribution is -2.22. The van der Waals surface area contributed by atoms with E-state index in [2.05, 4.69) is 16.9 Å². The Balaban J connectivity index is 3.03. The molecule has 0 spiro atoms. The number of nitrogens with zero attached hydrogens (tertiary/aromatic N) is 3. The highest BCUT2D eigenvalue weighted by molar-refractivity contribution is 5.44. The van der Waals surface area contributed by atoms with E-state index >= 15 is 0 Å². The summed E-state index contributed by atoms with van der Waals surface area (Å²) in [6.07, 6.45) is 3.57. The van der Waals surface area contributed by atoms with Gasteiger partial charge in [0.1, 0.15) is 11.6 Å². The molecule has 0 fully saturated rings. The summed E-state index contributed by atoms with van der Waals surface area (Å²) in [6.45, 7) is 4.05. The van der Waals surface area contributed by atoms with Crippen LogP contribution in [0.3, 0.4) is 0 Å². The molecule has 0 aliphatic rings. The standard InChI is InChI=1S/C11H20N4/c1-5-10-13-7-9(6-8(2)12)11(14-10)15(3)4/h7-8H,5-6,12H2,1-4H3. The van der Waals surface area contributed by atoms with Crippen molar-refractivity contribution in [1.82, 2.24) is 9.97 Å². The lowest BCUT2D eigenvalue weighted by molar-refractivity contribution is 0.726. The highest BCUT2D eigenvalue weighted by Crippen LogP contribution is 2.16. The molecule has 1 heterocycles. The molecule has 0 aliphatic carbocycles. The van der Waals surface area contributed by atoms with Gasteiger partial charge in [-0.3, -0.25) is 0 Å². The van der Waals surface area contributed by atoms with Crippen LogP contribution < -0.4 is 10.6 Å². The molecule has 0 bridgehead atoms. The van der Waals surface area contributed by atoms with Gasteiger partial charge in [-0.15, -0.1) is 0 Å². The Morgan fingerprint density at radius 3 is 2.60 bits per heavy atom. The van der Waals surface area contributed by atoms with Crippen LogP contribution in [0.15, 0.2) is 6.20 Å². The fraction of sp³-hybridized carbons (Fsp3) is 0.636. The van der Waals surface area contributed by atoms with E-state index in [-0.39, 0.29) is 6.04 Å². The number of aromatic nitrogens is 2. The smallest absolute Gasteiger partial charge is 0.135 e. The van der Waals surface area contributed by atoms with Crippen molar-refractivity contribution < 1.29 is 0 Å². The molecular formula is C11H20N4. The number of rotatable bonds is 4. The van der Waals surface area contributed by atoms with Gasteiger partial charge in [0.05, 0.1) is 0 Å². The summed E-state index contributed by atoms with van der Waals surface area (Å²) in [7, 11) is 3.99. The lowest BCUT2D eigenvalue weighted by atomic mass is 10.1. The minimum atomic E-state index is 0.139. The molecule has 15 heavy (non-hydrogen) atoms. The SMILES string of the molecule is CCc1ncc(CC(C)N)c(N(C)C)n1. The number of aryl methyl sites for hydroxylation is 1. The minimum Gasteiger partial charge on any atom is -0.362 e. The molecule has 1 aromatic rings. The van der Waals surface area contributed by atoms with Crippen LogP contribution in [0.5, 0.6) is 0 Å². The Morgan fingerprint density at radius 2 is 2.13 bits per heavy atom. The van der Waals surface area contributed by atoms with Crippen LogP contribution in [-0.4, -0.2) is 30.1 Å². The highest BCUT2D eigenvalue weighted by atomic mass is 15.2. The van der Waals surface area contributed by atoms with Gasteiger partial charge in [0.25, 0.3) is 0 Å². The fourth-order valence-corrected chi connectivity index (χ4v) is 1.48. The quantitative estimate of drug-likeness (QED) is 0.802. The topological polar surface area (TPSA) is 55.0 Å². The van der Waals surface area contributed by atoms with E-state index in [1.807, 2.05) is 32.1 Å². The molecule has 1 atom stereocenters. The Kier molecular flexibility index (Phi) is 4.03. The van der Waals surface area contributed by atoms with Gasteiger partial charge in [-0.05, 0) is 13.3 Å². The lowest BCUT2D eigenvalue weighted by Gasteiger charge is -2.17. The largest absolute Gasteiger partial charge is 0.362 e. The third-order valence-electron chi connectivity index (χ3n) is 2.17. The predicted molar refractivity (Wildman–Crippen MR) is 63.1 cm³/mol. The number of nitrogens with two attached hydrogens (primary N) is 1. The predicted octanol–water partition coefficient (Wildman–Crippen LogP) is 0.995. The average Bonchev–Trinajstić information content (AvgIpc) is 2.17. The Bertz CT molecular complexity index is 320. The van der Waals surface area contributed by atoms with Crippen LogP contribution >= 0.6 is 0 Å². The summed E-state index contributed by atoms with van der Waals surface area (Å²) in [5.74, 6) is 1.87. The van der Waals surface area contributed by atoms with E-state index in [1.165, 1.54) is 0 Å². The molecule has 0 amide bonds. The zero-order valence-electron chi connectivity index (χ0n) is 9.99. The Morgan fingerprint density at radius 1 is 1.47 bits per heavy atom. The van der Waals surface area contributed by atoms with E-state index in [0.717, 1.165) is 30.0 Å².